The minimum atomic E-state index is -0.357. The van der Waals surface area contributed by atoms with Gasteiger partial charge in [-0.3, -0.25) is 0 Å². The van der Waals surface area contributed by atoms with Crippen molar-refractivity contribution < 1.29 is 10.2 Å². The first kappa shape index (κ1) is 10.1. The lowest BCUT2D eigenvalue weighted by Crippen LogP contribution is -2.77. The van der Waals surface area contributed by atoms with E-state index < -0.39 is 0 Å². The normalized spacial score (nSPS) is 67.4. The SMILES string of the molecule is CC12CN3C[C@@](C)(C[C@@](C)(C3)[C@H]1O)[C@@H]2O. The van der Waals surface area contributed by atoms with Gasteiger partial charge in [-0.15, -0.1) is 0 Å². The topological polar surface area (TPSA) is 43.7 Å². The van der Waals surface area contributed by atoms with Crippen molar-refractivity contribution in [2.45, 2.75) is 39.4 Å². The molecule has 0 spiro atoms. The predicted octanol–water partition coefficient (Wildman–Crippen LogP) is 0.460. The second-order valence-corrected chi connectivity index (χ2v) is 6.94. The molecule has 0 aromatic carbocycles. The van der Waals surface area contributed by atoms with E-state index in [4.69, 9.17) is 0 Å². The molecule has 1 saturated carbocycles. The monoisotopic (exact) mass is 211 g/mol. The van der Waals surface area contributed by atoms with Crippen LogP contribution >= 0.6 is 0 Å². The van der Waals surface area contributed by atoms with Crippen molar-refractivity contribution in [2.24, 2.45) is 16.2 Å². The summed E-state index contributed by atoms with van der Waals surface area (Å²) in [5, 5.41) is 20.9. The van der Waals surface area contributed by atoms with Crippen molar-refractivity contribution in [3.05, 3.63) is 0 Å². The fourth-order valence-electron chi connectivity index (χ4n) is 4.99. The zero-order valence-corrected chi connectivity index (χ0v) is 9.82. The van der Waals surface area contributed by atoms with Gasteiger partial charge in [-0.05, 0) is 6.42 Å². The summed E-state index contributed by atoms with van der Waals surface area (Å²) >= 11 is 0. The van der Waals surface area contributed by atoms with Crippen molar-refractivity contribution in [1.82, 2.24) is 4.90 Å². The van der Waals surface area contributed by atoms with E-state index >= 15 is 0 Å². The Morgan fingerprint density at radius 3 is 1.87 bits per heavy atom. The standard InChI is InChI=1S/C12H21NO2/c1-10-4-11(2)6-13(5-10)7-12(3,8(10)14)9(11)15/h8-9,14-15H,4-7H2,1-3H3/t8-,9+,10+,11-,12?. The minimum Gasteiger partial charge on any atom is -0.392 e. The first-order valence-corrected chi connectivity index (χ1v) is 5.89. The van der Waals surface area contributed by atoms with Gasteiger partial charge in [-0.25, -0.2) is 0 Å². The van der Waals surface area contributed by atoms with Crippen molar-refractivity contribution in [1.29, 1.82) is 0 Å². The summed E-state index contributed by atoms with van der Waals surface area (Å²) in [6.45, 7) is 9.22. The van der Waals surface area contributed by atoms with Gasteiger partial charge in [-0.2, -0.15) is 0 Å². The van der Waals surface area contributed by atoms with Gasteiger partial charge in [0.05, 0.1) is 12.2 Å². The zero-order chi connectivity index (χ0) is 11.1. The van der Waals surface area contributed by atoms with E-state index in [-0.39, 0.29) is 28.5 Å². The van der Waals surface area contributed by atoms with Gasteiger partial charge in [-0.1, -0.05) is 20.8 Å². The quantitative estimate of drug-likeness (QED) is 0.612. The smallest absolute Gasteiger partial charge is 0.0696 e. The molecule has 1 aliphatic carbocycles. The Bertz CT molecular complexity index is 295. The van der Waals surface area contributed by atoms with Crippen LogP contribution in [0.4, 0.5) is 0 Å². The third kappa shape index (κ3) is 0.973. The maximum absolute atomic E-state index is 10.4. The van der Waals surface area contributed by atoms with Crippen molar-refractivity contribution in [2.75, 3.05) is 19.6 Å². The molecule has 4 rings (SSSR count). The van der Waals surface area contributed by atoms with Crippen LogP contribution in [0.25, 0.3) is 0 Å². The molecule has 0 radical (unpaired) electrons. The second-order valence-electron chi connectivity index (χ2n) is 6.94. The molecule has 0 aromatic rings. The lowest BCUT2D eigenvalue weighted by atomic mass is 9.46. The van der Waals surface area contributed by atoms with Crippen LogP contribution in [0.5, 0.6) is 0 Å². The van der Waals surface area contributed by atoms with E-state index in [0.717, 1.165) is 26.1 Å². The lowest BCUT2D eigenvalue weighted by Gasteiger charge is -2.69. The van der Waals surface area contributed by atoms with E-state index in [1.807, 2.05) is 6.92 Å². The number of hydrogen-bond acceptors (Lipinski definition) is 3. The highest BCUT2D eigenvalue weighted by molar-refractivity contribution is 5.18. The van der Waals surface area contributed by atoms with E-state index in [2.05, 4.69) is 18.7 Å². The van der Waals surface area contributed by atoms with Gasteiger partial charge in [0.1, 0.15) is 0 Å². The third-order valence-electron chi connectivity index (χ3n) is 5.11. The third-order valence-corrected chi connectivity index (χ3v) is 5.11. The summed E-state index contributed by atoms with van der Waals surface area (Å²) in [6, 6.07) is 0. The average molecular weight is 211 g/mol. The molecule has 2 N–H and O–H groups in total. The molecular weight excluding hydrogens is 190 g/mol. The first-order valence-electron chi connectivity index (χ1n) is 5.89. The number of aliphatic hydroxyl groups excluding tert-OH is 2. The van der Waals surface area contributed by atoms with Crippen LogP contribution in [-0.4, -0.2) is 47.0 Å². The van der Waals surface area contributed by atoms with Gasteiger partial charge >= 0.3 is 0 Å². The molecule has 4 aliphatic rings. The molecule has 4 bridgehead atoms. The Hall–Kier alpha value is -0.120. The summed E-state index contributed by atoms with van der Waals surface area (Å²) in [6.07, 6.45) is 0.239. The number of nitrogens with zero attached hydrogens (tertiary/aromatic N) is 1. The average Bonchev–Trinajstić information content (AvgIpc) is 2.10. The van der Waals surface area contributed by atoms with Crippen molar-refractivity contribution in [3.63, 3.8) is 0 Å². The summed E-state index contributed by atoms with van der Waals surface area (Å²) in [4.78, 5) is 2.42. The molecule has 3 saturated heterocycles. The Morgan fingerprint density at radius 1 is 0.933 bits per heavy atom. The van der Waals surface area contributed by atoms with Crippen LogP contribution in [0.1, 0.15) is 27.2 Å². The molecule has 0 aromatic heterocycles. The number of rotatable bonds is 0. The van der Waals surface area contributed by atoms with Gasteiger partial charge < -0.3 is 15.1 Å². The Kier molecular flexibility index (Phi) is 1.62. The number of aliphatic hydroxyl groups is 2. The van der Waals surface area contributed by atoms with Crippen LogP contribution in [0.15, 0.2) is 0 Å². The van der Waals surface area contributed by atoms with E-state index in [1.54, 1.807) is 0 Å². The van der Waals surface area contributed by atoms with Gasteiger partial charge in [0.25, 0.3) is 0 Å². The maximum Gasteiger partial charge on any atom is 0.0696 e. The highest BCUT2D eigenvalue weighted by Crippen LogP contribution is 2.61. The summed E-state index contributed by atoms with van der Waals surface area (Å²) in [5.41, 5.74) is -0.350. The Balaban J connectivity index is 2.12. The largest absolute Gasteiger partial charge is 0.392 e. The Morgan fingerprint density at radius 2 is 1.40 bits per heavy atom. The van der Waals surface area contributed by atoms with Crippen LogP contribution < -0.4 is 0 Å². The number of piperidine rings is 3. The molecule has 6 atom stereocenters. The molecule has 3 heterocycles. The summed E-state index contributed by atoms with van der Waals surface area (Å²) in [7, 11) is 0. The van der Waals surface area contributed by atoms with Crippen LogP contribution in [0.3, 0.4) is 0 Å². The minimum absolute atomic E-state index is 0.0147. The van der Waals surface area contributed by atoms with Crippen LogP contribution in [0, 0.1) is 16.2 Å². The first-order chi connectivity index (χ1) is 6.80. The highest BCUT2D eigenvalue weighted by Gasteiger charge is 2.67. The summed E-state index contributed by atoms with van der Waals surface area (Å²) < 4.78 is 0. The van der Waals surface area contributed by atoms with E-state index in [0.29, 0.717) is 0 Å². The predicted molar refractivity (Wildman–Crippen MR) is 57.4 cm³/mol. The Labute approximate surface area is 91.1 Å². The fourth-order valence-corrected chi connectivity index (χ4v) is 4.99. The van der Waals surface area contributed by atoms with Gasteiger partial charge in [0, 0.05) is 35.9 Å². The van der Waals surface area contributed by atoms with Crippen LogP contribution in [-0.2, 0) is 0 Å². The molecule has 4 fully saturated rings. The molecular formula is C12H21NO2. The maximum atomic E-state index is 10.4. The number of hydrogen-bond donors (Lipinski definition) is 2. The van der Waals surface area contributed by atoms with Gasteiger partial charge in [0.2, 0.25) is 0 Å². The second kappa shape index (κ2) is 2.41. The molecule has 2 unspecified atom stereocenters. The molecule has 3 nitrogen and oxygen atoms in total. The van der Waals surface area contributed by atoms with Crippen molar-refractivity contribution >= 4 is 0 Å². The summed E-state index contributed by atoms with van der Waals surface area (Å²) in [5.74, 6) is 0. The van der Waals surface area contributed by atoms with Gasteiger partial charge in [0.15, 0.2) is 0 Å². The molecule has 86 valence electrons. The fraction of sp³-hybridized carbons (Fsp3) is 1.00. The van der Waals surface area contributed by atoms with Crippen molar-refractivity contribution in [3.8, 4) is 0 Å². The van der Waals surface area contributed by atoms with E-state index in [9.17, 15) is 10.2 Å². The molecule has 15 heavy (non-hydrogen) atoms. The molecule has 3 heteroatoms. The van der Waals surface area contributed by atoms with E-state index in [1.165, 1.54) is 0 Å². The lowest BCUT2D eigenvalue weighted by molar-refractivity contribution is -0.284. The van der Waals surface area contributed by atoms with Crippen LogP contribution in [0.2, 0.25) is 0 Å². The zero-order valence-electron chi connectivity index (χ0n) is 9.82. The molecule has 0 amide bonds. The highest BCUT2D eigenvalue weighted by atomic mass is 16.3. The molecule has 3 aliphatic heterocycles.